The number of nitrogens with two attached hydrogens (primary N) is 2. The Bertz CT molecular complexity index is 123. The minimum Gasteiger partial charge on any atom is -0.381 e. The molecule has 0 heterocycles. The minimum absolute atomic E-state index is 0.660. The molecule has 0 unspecified atom stereocenters. The zero-order valence-electron chi connectivity index (χ0n) is 10.9. The van der Waals surface area contributed by atoms with Gasteiger partial charge in [0.2, 0.25) is 0 Å². The monoisotopic (exact) mass is 248 g/mol. The Kier molecular flexibility index (Phi) is 15.6. The molecule has 0 atom stereocenters. The molecule has 0 saturated heterocycles. The molecule has 104 valence electrons. The second-order valence-electron chi connectivity index (χ2n) is 3.83. The van der Waals surface area contributed by atoms with Crippen LogP contribution in [0.4, 0.5) is 0 Å². The first-order valence-corrected chi connectivity index (χ1v) is 6.55. The van der Waals surface area contributed by atoms with Crippen LogP contribution in [0.3, 0.4) is 0 Å². The van der Waals surface area contributed by atoms with Crippen molar-refractivity contribution >= 4 is 0 Å². The summed E-state index contributed by atoms with van der Waals surface area (Å²) >= 11 is 0. The maximum atomic E-state index is 5.41. The zero-order valence-corrected chi connectivity index (χ0v) is 10.9. The first-order chi connectivity index (χ1) is 8.41. The predicted octanol–water partition coefficient (Wildman–Crippen LogP) is 0.514. The predicted molar refractivity (Wildman–Crippen MR) is 69.0 cm³/mol. The van der Waals surface area contributed by atoms with Gasteiger partial charge in [-0.1, -0.05) is 0 Å². The lowest BCUT2D eigenvalue weighted by molar-refractivity contribution is 0.0429. The summed E-state index contributed by atoms with van der Waals surface area (Å²) in [7, 11) is 0. The van der Waals surface area contributed by atoms with Gasteiger partial charge in [0.15, 0.2) is 0 Å². The number of rotatable bonds is 14. The average Bonchev–Trinajstić information content (AvgIpc) is 2.35. The third-order valence-electron chi connectivity index (χ3n) is 2.18. The minimum atomic E-state index is 0.660. The van der Waals surface area contributed by atoms with Crippen LogP contribution >= 0.6 is 0 Å². The van der Waals surface area contributed by atoms with Gasteiger partial charge >= 0.3 is 0 Å². The summed E-state index contributed by atoms with van der Waals surface area (Å²) in [5.41, 5.74) is 10.7. The van der Waals surface area contributed by atoms with Gasteiger partial charge in [0, 0.05) is 26.4 Å². The van der Waals surface area contributed by atoms with Crippen molar-refractivity contribution in [3.8, 4) is 0 Å². The first-order valence-electron chi connectivity index (χ1n) is 6.55. The summed E-state index contributed by atoms with van der Waals surface area (Å²) in [6, 6.07) is 0. The van der Waals surface area contributed by atoms with Gasteiger partial charge in [-0.2, -0.15) is 0 Å². The molecule has 0 rings (SSSR count). The quantitative estimate of drug-likeness (QED) is 0.438. The molecule has 0 saturated carbocycles. The van der Waals surface area contributed by atoms with Gasteiger partial charge in [-0.15, -0.1) is 0 Å². The summed E-state index contributed by atoms with van der Waals surface area (Å²) in [4.78, 5) is 0. The molecule has 0 radical (unpaired) electrons. The van der Waals surface area contributed by atoms with E-state index >= 15 is 0 Å². The zero-order chi connectivity index (χ0) is 12.6. The molecule has 0 aliphatic rings. The SMILES string of the molecule is NCCCOCCCCOCCOCCCN. The molecule has 0 aromatic heterocycles. The van der Waals surface area contributed by atoms with Crippen LogP contribution in [0, 0.1) is 0 Å². The summed E-state index contributed by atoms with van der Waals surface area (Å²) in [5.74, 6) is 0. The van der Waals surface area contributed by atoms with Gasteiger partial charge in [-0.25, -0.2) is 0 Å². The van der Waals surface area contributed by atoms with Crippen LogP contribution in [0.1, 0.15) is 25.7 Å². The topological polar surface area (TPSA) is 79.7 Å². The maximum Gasteiger partial charge on any atom is 0.0700 e. The lowest BCUT2D eigenvalue weighted by Gasteiger charge is -2.06. The second-order valence-corrected chi connectivity index (χ2v) is 3.83. The van der Waals surface area contributed by atoms with Crippen LogP contribution in [0.2, 0.25) is 0 Å². The van der Waals surface area contributed by atoms with Crippen LogP contribution in [0.25, 0.3) is 0 Å². The van der Waals surface area contributed by atoms with E-state index in [-0.39, 0.29) is 0 Å². The second kappa shape index (κ2) is 15.8. The van der Waals surface area contributed by atoms with E-state index < -0.39 is 0 Å². The van der Waals surface area contributed by atoms with Crippen molar-refractivity contribution in [2.45, 2.75) is 25.7 Å². The van der Waals surface area contributed by atoms with Gasteiger partial charge in [-0.05, 0) is 38.8 Å². The summed E-state index contributed by atoms with van der Waals surface area (Å²) in [6.07, 6.45) is 3.93. The molecule has 17 heavy (non-hydrogen) atoms. The highest BCUT2D eigenvalue weighted by atomic mass is 16.5. The summed E-state index contributed by atoms with van der Waals surface area (Å²) in [5, 5.41) is 0. The molecule has 5 heteroatoms. The number of unbranched alkanes of at least 4 members (excludes halogenated alkanes) is 1. The molecule has 0 fully saturated rings. The summed E-state index contributed by atoms with van der Waals surface area (Å²) in [6.45, 7) is 5.79. The van der Waals surface area contributed by atoms with E-state index in [1.165, 1.54) is 0 Å². The van der Waals surface area contributed by atoms with Gasteiger partial charge in [0.1, 0.15) is 0 Å². The highest BCUT2D eigenvalue weighted by Gasteiger charge is 1.92. The largest absolute Gasteiger partial charge is 0.381 e. The molecule has 0 spiro atoms. The molecule has 0 bridgehead atoms. The third kappa shape index (κ3) is 15.8. The number of hydrogen-bond acceptors (Lipinski definition) is 5. The molecular weight excluding hydrogens is 220 g/mol. The van der Waals surface area contributed by atoms with Crippen molar-refractivity contribution in [3.63, 3.8) is 0 Å². The van der Waals surface area contributed by atoms with Crippen LogP contribution < -0.4 is 11.5 Å². The molecule has 0 aromatic carbocycles. The Balaban J connectivity index is 2.85. The Hall–Kier alpha value is -0.200. The van der Waals surface area contributed by atoms with Crippen molar-refractivity contribution in [1.82, 2.24) is 0 Å². The van der Waals surface area contributed by atoms with E-state index in [2.05, 4.69) is 0 Å². The van der Waals surface area contributed by atoms with E-state index in [4.69, 9.17) is 25.7 Å². The Morgan fingerprint density at radius 3 is 1.24 bits per heavy atom. The third-order valence-corrected chi connectivity index (χ3v) is 2.18. The van der Waals surface area contributed by atoms with Crippen LogP contribution in [0.5, 0.6) is 0 Å². The normalized spacial score (nSPS) is 10.9. The molecule has 0 amide bonds. The Morgan fingerprint density at radius 2 is 0.824 bits per heavy atom. The first kappa shape index (κ1) is 16.8. The van der Waals surface area contributed by atoms with Gasteiger partial charge in [-0.3, -0.25) is 0 Å². The molecule has 0 aliphatic heterocycles. The van der Waals surface area contributed by atoms with Crippen molar-refractivity contribution in [2.75, 3.05) is 52.7 Å². The van der Waals surface area contributed by atoms with Gasteiger partial charge < -0.3 is 25.7 Å². The fourth-order valence-corrected chi connectivity index (χ4v) is 1.20. The van der Waals surface area contributed by atoms with Crippen molar-refractivity contribution in [2.24, 2.45) is 11.5 Å². The van der Waals surface area contributed by atoms with E-state index in [0.717, 1.165) is 52.1 Å². The summed E-state index contributed by atoms with van der Waals surface area (Å²) < 4.78 is 16.1. The van der Waals surface area contributed by atoms with Crippen LogP contribution in [0.15, 0.2) is 0 Å². The van der Waals surface area contributed by atoms with Crippen LogP contribution in [-0.2, 0) is 14.2 Å². The highest BCUT2D eigenvalue weighted by molar-refractivity contribution is 4.41. The van der Waals surface area contributed by atoms with Crippen molar-refractivity contribution in [1.29, 1.82) is 0 Å². The molecule has 4 N–H and O–H groups in total. The van der Waals surface area contributed by atoms with Gasteiger partial charge in [0.25, 0.3) is 0 Å². The van der Waals surface area contributed by atoms with E-state index in [0.29, 0.717) is 26.3 Å². The maximum absolute atomic E-state index is 5.41. The standard InChI is InChI=1S/C12H28N2O3/c13-5-3-9-15-7-1-2-8-16-11-12-17-10-4-6-14/h1-14H2. The van der Waals surface area contributed by atoms with Gasteiger partial charge in [0.05, 0.1) is 13.2 Å². The molecule has 0 aromatic rings. The molecule has 5 nitrogen and oxygen atoms in total. The lowest BCUT2D eigenvalue weighted by Crippen LogP contribution is -2.09. The highest BCUT2D eigenvalue weighted by Crippen LogP contribution is 1.92. The lowest BCUT2D eigenvalue weighted by atomic mass is 10.3. The Labute approximate surface area is 105 Å². The Morgan fingerprint density at radius 1 is 0.471 bits per heavy atom. The number of ether oxygens (including phenoxy) is 3. The average molecular weight is 248 g/mol. The van der Waals surface area contributed by atoms with E-state index in [1.54, 1.807) is 0 Å². The van der Waals surface area contributed by atoms with Crippen molar-refractivity contribution < 1.29 is 14.2 Å². The molecular formula is C12H28N2O3. The fourth-order valence-electron chi connectivity index (χ4n) is 1.20. The smallest absolute Gasteiger partial charge is 0.0700 e. The van der Waals surface area contributed by atoms with Crippen molar-refractivity contribution in [3.05, 3.63) is 0 Å². The van der Waals surface area contributed by atoms with Crippen LogP contribution in [-0.4, -0.2) is 52.7 Å². The van der Waals surface area contributed by atoms with E-state index in [1.807, 2.05) is 0 Å². The molecule has 0 aliphatic carbocycles. The fraction of sp³-hybridized carbons (Fsp3) is 1.00. The van der Waals surface area contributed by atoms with E-state index in [9.17, 15) is 0 Å². The number of hydrogen-bond donors (Lipinski definition) is 2.